The Balaban J connectivity index is 2.27. The topological polar surface area (TPSA) is 50.2 Å². The van der Waals surface area contributed by atoms with Crippen LogP contribution in [0.25, 0.3) is 0 Å². The number of carbonyl (C=O) groups is 1. The van der Waals surface area contributed by atoms with E-state index in [4.69, 9.17) is 5.11 Å². The molecule has 3 nitrogen and oxygen atoms in total. The van der Waals surface area contributed by atoms with Gasteiger partial charge in [-0.15, -0.1) is 11.3 Å². The molecule has 0 aliphatic rings. The number of nitrogens with zero attached hydrogens (tertiary/aromatic N) is 1. The van der Waals surface area contributed by atoms with Crippen molar-refractivity contribution in [2.75, 3.05) is 0 Å². The zero-order chi connectivity index (χ0) is 12.4. The Morgan fingerprint density at radius 1 is 1.35 bits per heavy atom. The van der Waals surface area contributed by atoms with Crippen molar-refractivity contribution in [3.05, 3.63) is 51.5 Å². The van der Waals surface area contributed by atoms with Crippen LogP contribution >= 0.6 is 11.3 Å². The number of thiazole rings is 1. The molecule has 1 aromatic carbocycles. The maximum atomic E-state index is 10.8. The molecule has 2 aromatic rings. The molecule has 1 heterocycles. The van der Waals surface area contributed by atoms with Crippen molar-refractivity contribution in [1.82, 2.24) is 4.98 Å². The fourth-order valence-electron chi connectivity index (χ4n) is 1.58. The first kappa shape index (κ1) is 11.8. The molecule has 0 aliphatic carbocycles. The first-order valence-corrected chi connectivity index (χ1v) is 6.15. The molecule has 0 saturated heterocycles. The molecule has 1 N–H and O–H groups in total. The number of aromatic carboxylic acids is 1. The first-order valence-electron chi connectivity index (χ1n) is 5.33. The van der Waals surface area contributed by atoms with Crippen LogP contribution in [0, 0.1) is 6.92 Å². The number of carboxylic acids is 1. The summed E-state index contributed by atoms with van der Waals surface area (Å²) in [5, 5.41) is 9.70. The molecule has 4 heteroatoms. The highest BCUT2D eigenvalue weighted by atomic mass is 32.1. The van der Waals surface area contributed by atoms with Gasteiger partial charge in [0.1, 0.15) is 9.88 Å². The molecule has 0 amide bonds. The lowest BCUT2D eigenvalue weighted by atomic mass is 10.0. The SMILES string of the molecule is Cc1ccc(C(C)c2ncc(C(=O)O)s2)cc1. The van der Waals surface area contributed by atoms with Gasteiger partial charge in [-0.3, -0.25) is 0 Å². The van der Waals surface area contributed by atoms with Crippen LogP contribution in [0.1, 0.15) is 38.6 Å². The normalized spacial score (nSPS) is 12.4. The van der Waals surface area contributed by atoms with Gasteiger partial charge in [0, 0.05) is 5.92 Å². The fraction of sp³-hybridized carbons (Fsp3) is 0.231. The maximum absolute atomic E-state index is 10.8. The molecule has 1 aromatic heterocycles. The summed E-state index contributed by atoms with van der Waals surface area (Å²) in [5.41, 5.74) is 2.37. The summed E-state index contributed by atoms with van der Waals surface area (Å²) in [4.78, 5) is 15.3. The van der Waals surface area contributed by atoms with Crippen molar-refractivity contribution in [2.24, 2.45) is 0 Å². The lowest BCUT2D eigenvalue weighted by Crippen LogP contribution is -1.94. The fourth-order valence-corrected chi connectivity index (χ4v) is 2.42. The predicted molar refractivity (Wildman–Crippen MR) is 67.8 cm³/mol. The quantitative estimate of drug-likeness (QED) is 0.905. The molecule has 0 spiro atoms. The Morgan fingerprint density at radius 2 is 2.00 bits per heavy atom. The predicted octanol–water partition coefficient (Wildman–Crippen LogP) is 3.30. The Morgan fingerprint density at radius 3 is 2.53 bits per heavy atom. The summed E-state index contributed by atoms with van der Waals surface area (Å²) in [6.45, 7) is 4.08. The van der Waals surface area contributed by atoms with Gasteiger partial charge in [0.05, 0.1) is 6.20 Å². The van der Waals surface area contributed by atoms with Crippen LogP contribution in [-0.4, -0.2) is 16.1 Å². The van der Waals surface area contributed by atoms with Crippen LogP contribution in [-0.2, 0) is 0 Å². The van der Waals surface area contributed by atoms with Crippen LogP contribution in [0.4, 0.5) is 0 Å². The molecule has 17 heavy (non-hydrogen) atoms. The molecular weight excluding hydrogens is 234 g/mol. The van der Waals surface area contributed by atoms with Gasteiger partial charge in [-0.2, -0.15) is 0 Å². The Hall–Kier alpha value is -1.68. The number of rotatable bonds is 3. The highest BCUT2D eigenvalue weighted by Crippen LogP contribution is 2.27. The number of hydrogen-bond donors (Lipinski definition) is 1. The zero-order valence-electron chi connectivity index (χ0n) is 9.68. The van der Waals surface area contributed by atoms with Gasteiger partial charge in [-0.05, 0) is 12.5 Å². The minimum atomic E-state index is -0.912. The molecule has 0 fully saturated rings. The Kier molecular flexibility index (Phi) is 3.24. The molecule has 1 unspecified atom stereocenters. The van der Waals surface area contributed by atoms with E-state index in [0.29, 0.717) is 4.88 Å². The summed E-state index contributed by atoms with van der Waals surface area (Å²) in [6, 6.07) is 8.22. The highest BCUT2D eigenvalue weighted by Gasteiger charge is 2.15. The summed E-state index contributed by atoms with van der Waals surface area (Å²) >= 11 is 1.24. The Labute approximate surface area is 104 Å². The molecule has 0 bridgehead atoms. The van der Waals surface area contributed by atoms with Crippen molar-refractivity contribution in [3.63, 3.8) is 0 Å². The number of aromatic nitrogens is 1. The Bertz CT molecular complexity index is 531. The van der Waals surface area contributed by atoms with E-state index >= 15 is 0 Å². The largest absolute Gasteiger partial charge is 0.477 e. The molecule has 0 radical (unpaired) electrons. The van der Waals surface area contributed by atoms with E-state index in [1.54, 1.807) is 0 Å². The van der Waals surface area contributed by atoms with Crippen LogP contribution in [0.3, 0.4) is 0 Å². The lowest BCUT2D eigenvalue weighted by molar-refractivity contribution is 0.0702. The van der Waals surface area contributed by atoms with E-state index in [1.807, 2.05) is 13.8 Å². The summed E-state index contributed by atoms with van der Waals surface area (Å²) < 4.78 is 0. The molecular formula is C13H13NO2S. The van der Waals surface area contributed by atoms with Crippen molar-refractivity contribution in [1.29, 1.82) is 0 Å². The molecule has 1 atom stereocenters. The van der Waals surface area contributed by atoms with E-state index in [-0.39, 0.29) is 5.92 Å². The number of carboxylic acid groups (broad SMARTS) is 1. The highest BCUT2D eigenvalue weighted by molar-refractivity contribution is 7.13. The first-order chi connectivity index (χ1) is 8.08. The van der Waals surface area contributed by atoms with E-state index < -0.39 is 5.97 Å². The standard InChI is InChI=1S/C13H13NO2S/c1-8-3-5-10(6-4-8)9(2)12-14-7-11(17-12)13(15)16/h3-7,9H,1-2H3,(H,15,16). The average molecular weight is 247 g/mol. The third kappa shape index (κ3) is 2.53. The third-order valence-corrected chi connectivity index (χ3v) is 3.85. The summed E-state index contributed by atoms with van der Waals surface area (Å²) in [6.07, 6.45) is 1.42. The minimum absolute atomic E-state index is 0.133. The maximum Gasteiger partial charge on any atom is 0.347 e. The minimum Gasteiger partial charge on any atom is -0.477 e. The van der Waals surface area contributed by atoms with Gasteiger partial charge >= 0.3 is 5.97 Å². The van der Waals surface area contributed by atoms with Crippen molar-refractivity contribution < 1.29 is 9.90 Å². The van der Waals surface area contributed by atoms with E-state index in [0.717, 1.165) is 10.6 Å². The number of hydrogen-bond acceptors (Lipinski definition) is 3. The third-order valence-electron chi connectivity index (χ3n) is 2.68. The number of aryl methyl sites for hydroxylation is 1. The average Bonchev–Trinajstić information content (AvgIpc) is 2.78. The van der Waals surface area contributed by atoms with Crippen molar-refractivity contribution in [2.45, 2.75) is 19.8 Å². The van der Waals surface area contributed by atoms with Crippen LogP contribution in [0.15, 0.2) is 30.5 Å². The molecule has 0 saturated carbocycles. The monoisotopic (exact) mass is 247 g/mol. The van der Waals surface area contributed by atoms with Gasteiger partial charge in [0.15, 0.2) is 0 Å². The van der Waals surface area contributed by atoms with Crippen LogP contribution in [0.5, 0.6) is 0 Å². The molecule has 2 rings (SSSR count). The smallest absolute Gasteiger partial charge is 0.347 e. The van der Waals surface area contributed by atoms with Gasteiger partial charge in [-0.25, -0.2) is 9.78 Å². The van der Waals surface area contributed by atoms with Gasteiger partial charge in [-0.1, -0.05) is 36.8 Å². The van der Waals surface area contributed by atoms with Crippen LogP contribution < -0.4 is 0 Å². The zero-order valence-corrected chi connectivity index (χ0v) is 10.5. The number of benzene rings is 1. The molecule has 0 aliphatic heterocycles. The summed E-state index contributed by atoms with van der Waals surface area (Å²) in [7, 11) is 0. The van der Waals surface area contributed by atoms with Gasteiger partial charge < -0.3 is 5.11 Å². The second-order valence-electron chi connectivity index (χ2n) is 4.00. The van der Waals surface area contributed by atoms with Crippen molar-refractivity contribution in [3.8, 4) is 0 Å². The van der Waals surface area contributed by atoms with E-state index in [2.05, 4.69) is 29.2 Å². The molecule has 88 valence electrons. The van der Waals surface area contributed by atoms with E-state index in [1.165, 1.54) is 23.1 Å². The van der Waals surface area contributed by atoms with E-state index in [9.17, 15) is 4.79 Å². The summed E-state index contributed by atoms with van der Waals surface area (Å²) in [5.74, 6) is -0.779. The van der Waals surface area contributed by atoms with Gasteiger partial charge in [0.25, 0.3) is 0 Å². The van der Waals surface area contributed by atoms with Crippen LogP contribution in [0.2, 0.25) is 0 Å². The van der Waals surface area contributed by atoms with Gasteiger partial charge in [0.2, 0.25) is 0 Å². The van der Waals surface area contributed by atoms with Crippen molar-refractivity contribution >= 4 is 17.3 Å². The lowest BCUT2D eigenvalue weighted by Gasteiger charge is -2.08. The second kappa shape index (κ2) is 4.67. The second-order valence-corrected chi connectivity index (χ2v) is 5.06.